The van der Waals surface area contributed by atoms with Crippen molar-refractivity contribution in [2.45, 2.75) is 44.2 Å². The molecule has 2 aliphatic rings. The highest BCUT2D eigenvalue weighted by atomic mass is 32.2. The number of carboxylic acid groups (broad SMARTS) is 1. The molecule has 0 aromatic heterocycles. The van der Waals surface area contributed by atoms with Crippen molar-refractivity contribution in [2.24, 2.45) is 0 Å². The highest BCUT2D eigenvalue weighted by Crippen LogP contribution is 2.22. The number of hydrogen-bond donors (Lipinski definition) is 2. The molecule has 0 amide bonds. The van der Waals surface area contributed by atoms with Crippen LogP contribution in [0.25, 0.3) is 0 Å². The second kappa shape index (κ2) is 5.54. The molecule has 104 valence electrons. The second-order valence-electron chi connectivity index (χ2n) is 5.10. The minimum Gasteiger partial charge on any atom is -0.481 e. The summed E-state index contributed by atoms with van der Waals surface area (Å²) in [6, 6.07) is 0.723. The third-order valence-corrected chi connectivity index (χ3v) is 5.60. The Labute approximate surface area is 107 Å². The van der Waals surface area contributed by atoms with Crippen molar-refractivity contribution >= 4 is 16.0 Å². The van der Waals surface area contributed by atoms with Gasteiger partial charge in [-0.15, -0.1) is 0 Å². The standard InChI is InChI=1S/C11H20N2O4S/c14-11(15)2-1-7-18(16,17)13-6-5-9-3-4-10(8-13)12-9/h9-10,12H,1-8H2,(H,14,15). The molecule has 0 aromatic rings. The van der Waals surface area contributed by atoms with Gasteiger partial charge in [0.05, 0.1) is 5.75 Å². The minimum absolute atomic E-state index is 0.0588. The van der Waals surface area contributed by atoms with Crippen LogP contribution in [0, 0.1) is 0 Å². The van der Waals surface area contributed by atoms with Crippen molar-refractivity contribution < 1.29 is 18.3 Å². The zero-order valence-corrected chi connectivity index (χ0v) is 11.2. The van der Waals surface area contributed by atoms with Crippen LogP contribution in [-0.2, 0) is 14.8 Å². The molecule has 0 saturated carbocycles. The van der Waals surface area contributed by atoms with Gasteiger partial charge in [0.2, 0.25) is 10.0 Å². The Morgan fingerprint density at radius 1 is 1.28 bits per heavy atom. The third kappa shape index (κ3) is 3.43. The van der Waals surface area contributed by atoms with Gasteiger partial charge in [-0.1, -0.05) is 0 Å². The van der Waals surface area contributed by atoms with E-state index in [2.05, 4.69) is 5.32 Å². The summed E-state index contributed by atoms with van der Waals surface area (Å²) < 4.78 is 25.7. The summed E-state index contributed by atoms with van der Waals surface area (Å²) in [4.78, 5) is 10.4. The zero-order valence-electron chi connectivity index (χ0n) is 10.3. The number of carbonyl (C=O) groups is 1. The molecular weight excluding hydrogens is 256 g/mol. The maximum atomic E-state index is 12.1. The van der Waals surface area contributed by atoms with Crippen LogP contribution in [0.3, 0.4) is 0 Å². The fraction of sp³-hybridized carbons (Fsp3) is 0.909. The highest BCUT2D eigenvalue weighted by molar-refractivity contribution is 7.89. The Bertz CT molecular complexity index is 409. The van der Waals surface area contributed by atoms with E-state index >= 15 is 0 Å². The lowest BCUT2D eigenvalue weighted by Gasteiger charge is -2.23. The lowest BCUT2D eigenvalue weighted by Crippen LogP contribution is -2.40. The summed E-state index contributed by atoms with van der Waals surface area (Å²) in [5, 5.41) is 12.0. The van der Waals surface area contributed by atoms with E-state index in [0.29, 0.717) is 19.1 Å². The van der Waals surface area contributed by atoms with Crippen LogP contribution < -0.4 is 5.32 Å². The monoisotopic (exact) mass is 276 g/mol. The van der Waals surface area contributed by atoms with Crippen LogP contribution in [0.4, 0.5) is 0 Å². The van der Waals surface area contributed by atoms with E-state index in [4.69, 9.17) is 5.11 Å². The van der Waals surface area contributed by atoms with Gasteiger partial charge >= 0.3 is 5.97 Å². The van der Waals surface area contributed by atoms with Crippen molar-refractivity contribution in [3.05, 3.63) is 0 Å². The van der Waals surface area contributed by atoms with Gasteiger partial charge in [-0.25, -0.2) is 12.7 Å². The molecule has 2 aliphatic heterocycles. The number of rotatable bonds is 5. The fourth-order valence-electron chi connectivity index (χ4n) is 2.70. The lowest BCUT2D eigenvalue weighted by atomic mass is 10.1. The first-order chi connectivity index (χ1) is 8.47. The topological polar surface area (TPSA) is 86.7 Å². The smallest absolute Gasteiger partial charge is 0.303 e. The number of carboxylic acids is 1. The first-order valence-electron chi connectivity index (χ1n) is 6.43. The second-order valence-corrected chi connectivity index (χ2v) is 7.19. The number of nitrogens with zero attached hydrogens (tertiary/aromatic N) is 1. The molecule has 2 fully saturated rings. The molecule has 0 radical (unpaired) electrons. The molecule has 2 N–H and O–H groups in total. The lowest BCUT2D eigenvalue weighted by molar-refractivity contribution is -0.137. The summed E-state index contributed by atoms with van der Waals surface area (Å²) in [6.07, 6.45) is 3.13. The molecule has 2 atom stereocenters. The number of aliphatic carboxylic acids is 1. The van der Waals surface area contributed by atoms with Crippen molar-refractivity contribution in [3.63, 3.8) is 0 Å². The fourth-order valence-corrected chi connectivity index (χ4v) is 4.26. The molecule has 18 heavy (non-hydrogen) atoms. The van der Waals surface area contributed by atoms with E-state index in [1.807, 2.05) is 0 Å². The maximum Gasteiger partial charge on any atom is 0.303 e. The summed E-state index contributed by atoms with van der Waals surface area (Å²) in [5.74, 6) is -1.00. The molecule has 6 nitrogen and oxygen atoms in total. The molecule has 0 aliphatic carbocycles. The first kappa shape index (κ1) is 13.8. The Kier molecular flexibility index (Phi) is 4.24. The summed E-state index contributed by atoms with van der Waals surface area (Å²) in [6.45, 7) is 1.09. The SMILES string of the molecule is O=C(O)CCCS(=O)(=O)N1CCC2CCC(C1)N2. The molecule has 2 rings (SSSR count). The summed E-state index contributed by atoms with van der Waals surface area (Å²) in [7, 11) is -3.29. The van der Waals surface area contributed by atoms with Crippen LogP contribution in [0.15, 0.2) is 0 Å². The molecule has 2 saturated heterocycles. The predicted molar refractivity (Wildman–Crippen MR) is 66.8 cm³/mol. The number of fused-ring (bicyclic) bond motifs is 2. The van der Waals surface area contributed by atoms with E-state index in [1.165, 1.54) is 4.31 Å². The predicted octanol–water partition coefficient (Wildman–Crippen LogP) is 0.00730. The molecule has 2 heterocycles. The Balaban J connectivity index is 1.90. The number of sulfonamides is 1. The third-order valence-electron chi connectivity index (χ3n) is 3.67. The normalized spacial score (nSPS) is 29.1. The largest absolute Gasteiger partial charge is 0.481 e. The van der Waals surface area contributed by atoms with E-state index < -0.39 is 16.0 Å². The summed E-state index contributed by atoms with van der Waals surface area (Å²) >= 11 is 0. The maximum absolute atomic E-state index is 12.1. The molecule has 2 unspecified atom stereocenters. The van der Waals surface area contributed by atoms with Crippen molar-refractivity contribution in [1.29, 1.82) is 0 Å². The quantitative estimate of drug-likeness (QED) is 0.738. The van der Waals surface area contributed by atoms with Crippen LogP contribution in [0.1, 0.15) is 32.1 Å². The molecule has 0 aromatic carbocycles. The molecule has 2 bridgehead atoms. The van der Waals surface area contributed by atoms with Gasteiger partial charge in [0.15, 0.2) is 0 Å². The minimum atomic E-state index is -3.29. The highest BCUT2D eigenvalue weighted by Gasteiger charge is 2.33. The van der Waals surface area contributed by atoms with Crippen LogP contribution >= 0.6 is 0 Å². The van der Waals surface area contributed by atoms with Crippen LogP contribution in [0.5, 0.6) is 0 Å². The van der Waals surface area contributed by atoms with Gasteiger partial charge in [-0.2, -0.15) is 0 Å². The van der Waals surface area contributed by atoms with Crippen LogP contribution in [-0.4, -0.2) is 54.7 Å². The van der Waals surface area contributed by atoms with Crippen LogP contribution in [0.2, 0.25) is 0 Å². The van der Waals surface area contributed by atoms with E-state index in [1.54, 1.807) is 0 Å². The Hall–Kier alpha value is -0.660. The van der Waals surface area contributed by atoms with Gasteiger partial charge in [-0.05, 0) is 25.7 Å². The average molecular weight is 276 g/mol. The summed E-state index contributed by atoms with van der Waals surface area (Å²) in [5.41, 5.74) is 0. The Morgan fingerprint density at radius 3 is 2.72 bits per heavy atom. The van der Waals surface area contributed by atoms with E-state index in [0.717, 1.165) is 19.3 Å². The average Bonchev–Trinajstić information content (AvgIpc) is 2.56. The first-order valence-corrected chi connectivity index (χ1v) is 8.04. The van der Waals surface area contributed by atoms with E-state index in [-0.39, 0.29) is 24.6 Å². The van der Waals surface area contributed by atoms with Crippen molar-refractivity contribution in [2.75, 3.05) is 18.8 Å². The van der Waals surface area contributed by atoms with Gasteiger partial charge < -0.3 is 10.4 Å². The number of nitrogens with one attached hydrogen (secondary N) is 1. The molecular formula is C11H20N2O4S. The zero-order chi connectivity index (χ0) is 13.2. The molecule has 0 spiro atoms. The van der Waals surface area contributed by atoms with Crippen molar-refractivity contribution in [3.8, 4) is 0 Å². The van der Waals surface area contributed by atoms with E-state index in [9.17, 15) is 13.2 Å². The van der Waals surface area contributed by atoms with Gasteiger partial charge in [0.25, 0.3) is 0 Å². The molecule has 7 heteroatoms. The van der Waals surface area contributed by atoms with Gasteiger partial charge in [-0.3, -0.25) is 4.79 Å². The Morgan fingerprint density at radius 2 is 2.00 bits per heavy atom. The van der Waals surface area contributed by atoms with Gasteiger partial charge in [0.1, 0.15) is 0 Å². The van der Waals surface area contributed by atoms with Crippen molar-refractivity contribution in [1.82, 2.24) is 9.62 Å². The van der Waals surface area contributed by atoms with Gasteiger partial charge in [0, 0.05) is 31.6 Å². The number of hydrogen-bond acceptors (Lipinski definition) is 4.